The maximum Gasteiger partial charge on any atom is 0.121 e. The lowest BCUT2D eigenvalue weighted by Gasteiger charge is -2.32. The first-order valence-corrected chi connectivity index (χ1v) is 6.20. The summed E-state index contributed by atoms with van der Waals surface area (Å²) in [5.41, 5.74) is 1.78. The zero-order valence-electron chi connectivity index (χ0n) is 10.6. The number of ether oxygens (including phenoxy) is 1. The van der Waals surface area contributed by atoms with Gasteiger partial charge in [0.1, 0.15) is 5.75 Å². The standard InChI is InChI=1S/C14H21NO2/c1-11-9-12(3-4-13(11)17-2)10-14(16)5-7-15-8-6-14/h3-4,9,15-16H,5-8,10H2,1-2H3. The summed E-state index contributed by atoms with van der Waals surface area (Å²) >= 11 is 0. The van der Waals surface area contributed by atoms with Gasteiger partial charge in [0.25, 0.3) is 0 Å². The van der Waals surface area contributed by atoms with Gasteiger partial charge in [0.05, 0.1) is 12.7 Å². The zero-order chi connectivity index (χ0) is 12.3. The number of piperidine rings is 1. The van der Waals surface area contributed by atoms with Crippen LogP contribution in [0.3, 0.4) is 0 Å². The quantitative estimate of drug-likeness (QED) is 0.837. The minimum Gasteiger partial charge on any atom is -0.496 e. The summed E-state index contributed by atoms with van der Waals surface area (Å²) in [5.74, 6) is 0.908. The molecule has 2 N–H and O–H groups in total. The van der Waals surface area contributed by atoms with E-state index in [-0.39, 0.29) is 0 Å². The van der Waals surface area contributed by atoms with E-state index < -0.39 is 5.60 Å². The minimum atomic E-state index is -0.535. The van der Waals surface area contributed by atoms with E-state index in [1.165, 1.54) is 5.56 Å². The number of nitrogens with one attached hydrogen (secondary N) is 1. The van der Waals surface area contributed by atoms with Crippen LogP contribution in [0.4, 0.5) is 0 Å². The molecule has 1 aliphatic heterocycles. The zero-order valence-corrected chi connectivity index (χ0v) is 10.6. The third kappa shape index (κ3) is 2.99. The largest absolute Gasteiger partial charge is 0.496 e. The van der Waals surface area contributed by atoms with Gasteiger partial charge < -0.3 is 15.2 Å². The molecule has 3 heteroatoms. The Kier molecular flexibility index (Phi) is 3.69. The highest BCUT2D eigenvalue weighted by Gasteiger charge is 2.29. The van der Waals surface area contributed by atoms with Crippen molar-refractivity contribution in [3.8, 4) is 5.75 Å². The Hall–Kier alpha value is -1.06. The first-order chi connectivity index (χ1) is 8.13. The van der Waals surface area contributed by atoms with Gasteiger partial charge in [0, 0.05) is 6.42 Å². The molecule has 0 aliphatic carbocycles. The van der Waals surface area contributed by atoms with Crippen LogP contribution in [0, 0.1) is 6.92 Å². The SMILES string of the molecule is COc1ccc(CC2(O)CCNCC2)cc1C. The Bertz CT molecular complexity index is 384. The van der Waals surface area contributed by atoms with E-state index in [0.29, 0.717) is 0 Å². The van der Waals surface area contributed by atoms with Crippen LogP contribution in [0.2, 0.25) is 0 Å². The smallest absolute Gasteiger partial charge is 0.121 e. The minimum absolute atomic E-state index is 0.535. The normalized spacial score (nSPS) is 19.0. The highest BCUT2D eigenvalue weighted by molar-refractivity contribution is 5.36. The Labute approximate surface area is 103 Å². The van der Waals surface area contributed by atoms with Crippen LogP contribution in [0.5, 0.6) is 5.75 Å². The average Bonchev–Trinajstić information content (AvgIpc) is 2.29. The summed E-state index contributed by atoms with van der Waals surface area (Å²) in [7, 11) is 1.68. The highest BCUT2D eigenvalue weighted by Crippen LogP contribution is 2.26. The number of hydrogen-bond donors (Lipinski definition) is 2. The molecule has 0 aromatic heterocycles. The van der Waals surface area contributed by atoms with Crippen molar-refractivity contribution in [2.45, 2.75) is 31.8 Å². The van der Waals surface area contributed by atoms with Gasteiger partial charge in [0.2, 0.25) is 0 Å². The maximum absolute atomic E-state index is 10.5. The topological polar surface area (TPSA) is 41.5 Å². The summed E-state index contributed by atoms with van der Waals surface area (Å²) in [5, 5.41) is 13.7. The number of aryl methyl sites for hydroxylation is 1. The monoisotopic (exact) mass is 235 g/mol. The van der Waals surface area contributed by atoms with Gasteiger partial charge in [0.15, 0.2) is 0 Å². The van der Waals surface area contributed by atoms with E-state index in [9.17, 15) is 5.11 Å². The molecule has 17 heavy (non-hydrogen) atoms. The fraction of sp³-hybridized carbons (Fsp3) is 0.571. The number of benzene rings is 1. The molecule has 0 unspecified atom stereocenters. The molecular weight excluding hydrogens is 214 g/mol. The molecule has 94 valence electrons. The van der Waals surface area contributed by atoms with E-state index in [4.69, 9.17) is 4.74 Å². The molecule has 2 rings (SSSR count). The van der Waals surface area contributed by atoms with Gasteiger partial charge in [-0.2, -0.15) is 0 Å². The molecule has 1 heterocycles. The Morgan fingerprint density at radius 3 is 2.65 bits per heavy atom. The van der Waals surface area contributed by atoms with Gasteiger partial charge in [-0.25, -0.2) is 0 Å². The van der Waals surface area contributed by atoms with Crippen LogP contribution in [0.15, 0.2) is 18.2 Å². The molecule has 0 spiro atoms. The van der Waals surface area contributed by atoms with Crippen LogP contribution >= 0.6 is 0 Å². The van der Waals surface area contributed by atoms with Crippen molar-refractivity contribution >= 4 is 0 Å². The van der Waals surface area contributed by atoms with Crippen LogP contribution in [-0.2, 0) is 6.42 Å². The average molecular weight is 235 g/mol. The van der Waals surface area contributed by atoms with Crippen molar-refractivity contribution in [3.05, 3.63) is 29.3 Å². The second kappa shape index (κ2) is 5.07. The third-order valence-corrected chi connectivity index (χ3v) is 3.53. The Morgan fingerprint density at radius 1 is 1.35 bits per heavy atom. The maximum atomic E-state index is 10.5. The molecule has 0 amide bonds. The molecular formula is C14H21NO2. The fourth-order valence-corrected chi connectivity index (χ4v) is 2.50. The summed E-state index contributed by atoms with van der Waals surface area (Å²) in [6.07, 6.45) is 2.40. The molecule has 0 radical (unpaired) electrons. The van der Waals surface area contributed by atoms with E-state index >= 15 is 0 Å². The van der Waals surface area contributed by atoms with E-state index in [1.807, 2.05) is 19.1 Å². The van der Waals surface area contributed by atoms with Gasteiger partial charge in [-0.1, -0.05) is 12.1 Å². The number of methoxy groups -OCH3 is 1. The Morgan fingerprint density at radius 2 is 2.06 bits per heavy atom. The summed E-state index contributed by atoms with van der Waals surface area (Å²) in [6, 6.07) is 6.14. The lowest BCUT2D eigenvalue weighted by atomic mass is 9.86. The first kappa shape index (κ1) is 12.4. The molecule has 3 nitrogen and oxygen atoms in total. The van der Waals surface area contributed by atoms with Gasteiger partial charge in [-0.15, -0.1) is 0 Å². The summed E-state index contributed by atoms with van der Waals surface area (Å²) in [6.45, 7) is 3.85. The van der Waals surface area contributed by atoms with E-state index in [0.717, 1.165) is 43.7 Å². The molecule has 1 aromatic rings. The van der Waals surface area contributed by atoms with Crippen molar-refractivity contribution < 1.29 is 9.84 Å². The van der Waals surface area contributed by atoms with Crippen molar-refractivity contribution in [3.63, 3.8) is 0 Å². The van der Waals surface area contributed by atoms with Gasteiger partial charge in [-0.3, -0.25) is 0 Å². The van der Waals surface area contributed by atoms with Crippen molar-refractivity contribution in [1.82, 2.24) is 5.32 Å². The molecule has 1 fully saturated rings. The number of aliphatic hydroxyl groups is 1. The van der Waals surface area contributed by atoms with Crippen LogP contribution in [0.25, 0.3) is 0 Å². The van der Waals surface area contributed by atoms with Crippen molar-refractivity contribution in [2.75, 3.05) is 20.2 Å². The highest BCUT2D eigenvalue weighted by atomic mass is 16.5. The molecule has 0 bridgehead atoms. The summed E-state index contributed by atoms with van der Waals surface area (Å²) < 4.78 is 5.24. The van der Waals surface area contributed by atoms with Crippen LogP contribution in [0.1, 0.15) is 24.0 Å². The fourth-order valence-electron chi connectivity index (χ4n) is 2.50. The van der Waals surface area contributed by atoms with Crippen molar-refractivity contribution in [2.24, 2.45) is 0 Å². The van der Waals surface area contributed by atoms with Crippen LogP contribution < -0.4 is 10.1 Å². The van der Waals surface area contributed by atoms with Gasteiger partial charge >= 0.3 is 0 Å². The van der Waals surface area contributed by atoms with Crippen molar-refractivity contribution in [1.29, 1.82) is 0 Å². The van der Waals surface area contributed by atoms with Gasteiger partial charge in [-0.05, 0) is 50.0 Å². The third-order valence-electron chi connectivity index (χ3n) is 3.53. The molecule has 0 atom stereocenters. The second-order valence-corrected chi connectivity index (χ2v) is 4.96. The van der Waals surface area contributed by atoms with E-state index in [2.05, 4.69) is 11.4 Å². The molecule has 1 saturated heterocycles. The number of rotatable bonds is 3. The molecule has 1 aromatic carbocycles. The lowest BCUT2D eigenvalue weighted by Crippen LogP contribution is -2.43. The second-order valence-electron chi connectivity index (χ2n) is 4.96. The Balaban J connectivity index is 2.10. The van der Waals surface area contributed by atoms with E-state index in [1.54, 1.807) is 7.11 Å². The number of hydrogen-bond acceptors (Lipinski definition) is 3. The lowest BCUT2D eigenvalue weighted by molar-refractivity contribution is 0.0108. The predicted octanol–water partition coefficient (Wildman–Crippen LogP) is 1.66. The molecule has 1 aliphatic rings. The predicted molar refractivity (Wildman–Crippen MR) is 68.5 cm³/mol. The van der Waals surface area contributed by atoms with Crippen LogP contribution in [-0.4, -0.2) is 30.9 Å². The first-order valence-electron chi connectivity index (χ1n) is 6.20. The summed E-state index contributed by atoms with van der Waals surface area (Å²) in [4.78, 5) is 0. The molecule has 0 saturated carbocycles.